The minimum absolute atomic E-state index is 0.0709. The van der Waals surface area contributed by atoms with Gasteiger partial charge in [-0.3, -0.25) is 9.10 Å². The van der Waals surface area contributed by atoms with Crippen LogP contribution in [0.5, 0.6) is 5.75 Å². The summed E-state index contributed by atoms with van der Waals surface area (Å²) in [6.45, 7) is 6.04. The van der Waals surface area contributed by atoms with E-state index in [1.54, 1.807) is 43.3 Å². The molecule has 0 fully saturated rings. The van der Waals surface area contributed by atoms with Crippen LogP contribution < -0.4 is 14.4 Å². The number of rotatable bonds is 6. The highest BCUT2D eigenvalue weighted by Gasteiger charge is 2.26. The van der Waals surface area contributed by atoms with Gasteiger partial charge in [0.2, 0.25) is 10.0 Å². The lowest BCUT2D eigenvalue weighted by atomic mass is 10.0. The highest BCUT2D eigenvalue weighted by molar-refractivity contribution is 7.92. The van der Waals surface area contributed by atoms with Crippen LogP contribution >= 0.6 is 0 Å². The van der Waals surface area contributed by atoms with Gasteiger partial charge in [0.15, 0.2) is 0 Å². The number of nitrogens with zero attached hydrogens (tertiary/aromatic N) is 1. The maximum absolute atomic E-state index is 12.5. The van der Waals surface area contributed by atoms with Crippen molar-refractivity contribution >= 4 is 27.3 Å². The van der Waals surface area contributed by atoms with Crippen LogP contribution in [0.2, 0.25) is 0 Å². The van der Waals surface area contributed by atoms with Crippen molar-refractivity contribution in [1.29, 1.82) is 0 Å². The maximum atomic E-state index is 12.5. The summed E-state index contributed by atoms with van der Waals surface area (Å²) in [4.78, 5) is 12.5. The zero-order chi connectivity index (χ0) is 20.3. The lowest BCUT2D eigenvalue weighted by molar-refractivity contribution is 0.102. The molecule has 0 aromatic heterocycles. The first-order valence-electron chi connectivity index (χ1n) is 9.51. The van der Waals surface area contributed by atoms with Gasteiger partial charge in [-0.1, -0.05) is 0 Å². The lowest BCUT2D eigenvalue weighted by Crippen LogP contribution is -2.36. The van der Waals surface area contributed by atoms with Crippen molar-refractivity contribution in [3.05, 3.63) is 53.6 Å². The number of amides is 1. The Morgan fingerprint density at radius 1 is 1.18 bits per heavy atom. The second-order valence-electron chi connectivity index (χ2n) is 7.06. The molecule has 1 N–H and O–H groups in total. The van der Waals surface area contributed by atoms with Gasteiger partial charge < -0.3 is 10.1 Å². The minimum Gasteiger partial charge on any atom is -0.491 e. The molecular weight excluding hydrogens is 376 g/mol. The van der Waals surface area contributed by atoms with E-state index < -0.39 is 10.0 Å². The van der Waals surface area contributed by atoms with E-state index in [4.69, 9.17) is 4.74 Å². The summed E-state index contributed by atoms with van der Waals surface area (Å²) in [6.07, 6.45) is 1.63. The van der Waals surface area contributed by atoms with Gasteiger partial charge in [0.25, 0.3) is 5.91 Å². The van der Waals surface area contributed by atoms with E-state index in [0.29, 0.717) is 23.5 Å². The molecule has 1 aliphatic rings. The van der Waals surface area contributed by atoms with E-state index in [-0.39, 0.29) is 17.8 Å². The summed E-state index contributed by atoms with van der Waals surface area (Å²) in [5, 5.41) is 2.89. The average Bonchev–Trinajstić information content (AvgIpc) is 2.67. The van der Waals surface area contributed by atoms with Gasteiger partial charge in [0, 0.05) is 17.8 Å². The molecule has 2 aromatic rings. The molecule has 28 heavy (non-hydrogen) atoms. The number of benzene rings is 2. The molecule has 7 heteroatoms. The smallest absolute Gasteiger partial charge is 0.255 e. The molecule has 150 valence electrons. The third-order valence-electron chi connectivity index (χ3n) is 4.60. The average molecular weight is 403 g/mol. The van der Waals surface area contributed by atoms with E-state index in [0.717, 1.165) is 24.2 Å². The minimum atomic E-state index is -3.29. The molecule has 0 unspecified atom stereocenters. The van der Waals surface area contributed by atoms with Crippen molar-refractivity contribution in [3.63, 3.8) is 0 Å². The Kier molecular flexibility index (Phi) is 5.93. The molecule has 1 heterocycles. The number of sulfonamides is 1. The summed E-state index contributed by atoms with van der Waals surface area (Å²) in [5.41, 5.74) is 2.83. The number of nitrogens with one attached hydrogen (secondary N) is 1. The van der Waals surface area contributed by atoms with Gasteiger partial charge in [0.1, 0.15) is 5.75 Å². The second kappa shape index (κ2) is 8.22. The monoisotopic (exact) mass is 402 g/mol. The fraction of sp³-hybridized carbons (Fsp3) is 0.381. The number of hydrogen-bond acceptors (Lipinski definition) is 4. The van der Waals surface area contributed by atoms with Crippen LogP contribution in [-0.2, 0) is 16.4 Å². The Hall–Kier alpha value is -2.54. The van der Waals surface area contributed by atoms with Gasteiger partial charge in [0.05, 0.1) is 17.5 Å². The van der Waals surface area contributed by atoms with Crippen molar-refractivity contribution in [2.75, 3.05) is 21.9 Å². The SMILES string of the molecule is CCS(=O)(=O)N1CCCc2cc(NC(=O)c3ccc(OC(C)C)cc3)ccc21. The maximum Gasteiger partial charge on any atom is 0.255 e. The Bertz CT molecular complexity index is 953. The van der Waals surface area contributed by atoms with Crippen molar-refractivity contribution in [3.8, 4) is 5.75 Å². The number of aryl methyl sites for hydroxylation is 1. The standard InChI is InChI=1S/C21H26N2O4S/c1-4-28(25,26)23-13-5-6-17-14-18(9-12-20(17)23)22-21(24)16-7-10-19(11-8-16)27-15(2)3/h7-12,14-15H,4-6,13H2,1-3H3,(H,22,24). The summed E-state index contributed by atoms with van der Waals surface area (Å²) >= 11 is 0. The summed E-state index contributed by atoms with van der Waals surface area (Å²) in [6, 6.07) is 12.4. The van der Waals surface area contributed by atoms with Gasteiger partial charge in [-0.25, -0.2) is 8.42 Å². The topological polar surface area (TPSA) is 75.7 Å². The highest BCUT2D eigenvalue weighted by atomic mass is 32.2. The predicted octanol–water partition coefficient (Wildman–Crippen LogP) is 3.83. The normalized spacial score (nSPS) is 13.9. The van der Waals surface area contributed by atoms with Crippen molar-refractivity contribution in [2.24, 2.45) is 0 Å². The first-order chi connectivity index (χ1) is 13.3. The number of ether oxygens (including phenoxy) is 1. The molecule has 2 aromatic carbocycles. The van der Waals surface area contributed by atoms with Crippen LogP contribution in [0.3, 0.4) is 0 Å². The largest absolute Gasteiger partial charge is 0.491 e. The zero-order valence-corrected chi connectivity index (χ0v) is 17.3. The quantitative estimate of drug-likeness (QED) is 0.797. The molecule has 6 nitrogen and oxygen atoms in total. The number of carbonyl (C=O) groups excluding carboxylic acids is 1. The Morgan fingerprint density at radius 2 is 1.89 bits per heavy atom. The highest BCUT2D eigenvalue weighted by Crippen LogP contribution is 2.32. The molecule has 1 amide bonds. The Morgan fingerprint density at radius 3 is 2.54 bits per heavy atom. The van der Waals surface area contributed by atoms with E-state index in [2.05, 4.69) is 5.32 Å². The van der Waals surface area contributed by atoms with Crippen LogP contribution in [0.25, 0.3) is 0 Å². The van der Waals surface area contributed by atoms with Crippen LogP contribution in [0.1, 0.15) is 43.1 Å². The van der Waals surface area contributed by atoms with E-state index >= 15 is 0 Å². The predicted molar refractivity (Wildman–Crippen MR) is 112 cm³/mol. The molecule has 1 aliphatic heterocycles. The summed E-state index contributed by atoms with van der Waals surface area (Å²) in [5.74, 6) is 0.573. The zero-order valence-electron chi connectivity index (χ0n) is 16.4. The lowest BCUT2D eigenvalue weighted by Gasteiger charge is -2.30. The first-order valence-corrected chi connectivity index (χ1v) is 11.1. The number of hydrogen-bond donors (Lipinski definition) is 1. The second-order valence-corrected chi connectivity index (χ2v) is 9.25. The van der Waals surface area contributed by atoms with E-state index in [9.17, 15) is 13.2 Å². The fourth-order valence-electron chi connectivity index (χ4n) is 3.25. The third-order valence-corrected chi connectivity index (χ3v) is 6.38. The number of fused-ring (bicyclic) bond motifs is 1. The molecule has 3 rings (SSSR count). The van der Waals surface area contributed by atoms with Crippen molar-refractivity contribution in [2.45, 2.75) is 39.7 Å². The third kappa shape index (κ3) is 4.47. The molecule has 0 aliphatic carbocycles. The van der Waals surface area contributed by atoms with Crippen LogP contribution in [-0.4, -0.2) is 32.7 Å². The molecule has 0 atom stereocenters. The number of carbonyl (C=O) groups is 1. The molecule has 0 saturated carbocycles. The summed E-state index contributed by atoms with van der Waals surface area (Å²) < 4.78 is 31.7. The molecule has 0 bridgehead atoms. The number of anilines is 2. The molecular formula is C21H26N2O4S. The van der Waals surface area contributed by atoms with Crippen LogP contribution in [0.15, 0.2) is 42.5 Å². The van der Waals surface area contributed by atoms with Gasteiger partial charge in [-0.15, -0.1) is 0 Å². The summed E-state index contributed by atoms with van der Waals surface area (Å²) in [7, 11) is -3.29. The van der Waals surface area contributed by atoms with Gasteiger partial charge in [-0.2, -0.15) is 0 Å². The van der Waals surface area contributed by atoms with Crippen LogP contribution in [0, 0.1) is 0 Å². The fourth-order valence-corrected chi connectivity index (χ4v) is 4.44. The van der Waals surface area contributed by atoms with E-state index in [1.165, 1.54) is 4.31 Å². The van der Waals surface area contributed by atoms with Gasteiger partial charge >= 0.3 is 0 Å². The molecule has 0 saturated heterocycles. The van der Waals surface area contributed by atoms with Crippen LogP contribution in [0.4, 0.5) is 11.4 Å². The van der Waals surface area contributed by atoms with Crippen molar-refractivity contribution < 1.29 is 17.9 Å². The van der Waals surface area contributed by atoms with Crippen molar-refractivity contribution in [1.82, 2.24) is 0 Å². The molecule has 0 spiro atoms. The Labute approximate surface area is 166 Å². The van der Waals surface area contributed by atoms with Gasteiger partial charge in [-0.05, 0) is 81.6 Å². The first kappa shape index (κ1) is 20.2. The Balaban J connectivity index is 1.76. The molecule has 0 radical (unpaired) electrons. The van der Waals surface area contributed by atoms with E-state index in [1.807, 2.05) is 19.9 Å².